The van der Waals surface area contributed by atoms with Crippen molar-refractivity contribution in [3.05, 3.63) is 64.6 Å². The number of carbonyl (C=O) groups excluding carboxylic acids is 2. The first-order chi connectivity index (χ1) is 14.9. The molecule has 1 heterocycles. The van der Waals surface area contributed by atoms with Crippen molar-refractivity contribution < 1.29 is 42.2 Å². The molecule has 0 fully saturated rings. The van der Waals surface area contributed by atoms with Gasteiger partial charge in [0.1, 0.15) is 6.54 Å². The lowest BCUT2D eigenvalue weighted by Crippen LogP contribution is -2.30. The van der Waals surface area contributed by atoms with Gasteiger partial charge in [-0.1, -0.05) is 0 Å². The second-order valence-corrected chi connectivity index (χ2v) is 6.95. The van der Waals surface area contributed by atoms with Gasteiger partial charge in [-0.3, -0.25) is 19.0 Å². The standard InChI is InChI=1S/C21H16F4N2O5/c1-10-13(7-18(29)26-9-19(30)31)14-6-17(28)15(22)8-16(14)27(10)20(32)11-2-4-12(5-3-11)21(23,24)25/h2-6,8,28H,7,9H2,1H3,(H,26,29)(H,30,31). The molecule has 0 aliphatic rings. The summed E-state index contributed by atoms with van der Waals surface area (Å²) in [5, 5.41) is 20.8. The average molecular weight is 452 g/mol. The number of aromatic hydroxyl groups is 1. The summed E-state index contributed by atoms with van der Waals surface area (Å²) in [4.78, 5) is 35.8. The molecule has 3 aromatic rings. The molecule has 0 aliphatic heterocycles. The predicted octanol–water partition coefficient (Wildman–Crippen LogP) is 3.25. The highest BCUT2D eigenvalue weighted by atomic mass is 19.4. The molecule has 0 saturated heterocycles. The van der Waals surface area contributed by atoms with Crippen molar-refractivity contribution in [2.75, 3.05) is 6.54 Å². The van der Waals surface area contributed by atoms with Gasteiger partial charge >= 0.3 is 12.1 Å². The van der Waals surface area contributed by atoms with Crippen molar-refractivity contribution >= 4 is 28.7 Å². The highest BCUT2D eigenvalue weighted by Crippen LogP contribution is 2.33. The fraction of sp³-hybridized carbons (Fsp3) is 0.190. The number of amides is 1. The van der Waals surface area contributed by atoms with Crippen LogP contribution in [0.4, 0.5) is 17.6 Å². The molecule has 1 aromatic heterocycles. The highest BCUT2D eigenvalue weighted by molar-refractivity contribution is 6.05. The van der Waals surface area contributed by atoms with E-state index < -0.39 is 47.6 Å². The maximum atomic E-state index is 14.0. The van der Waals surface area contributed by atoms with Crippen molar-refractivity contribution in [2.24, 2.45) is 0 Å². The van der Waals surface area contributed by atoms with Crippen LogP contribution in [0.5, 0.6) is 5.75 Å². The van der Waals surface area contributed by atoms with Gasteiger partial charge in [0.05, 0.1) is 17.5 Å². The van der Waals surface area contributed by atoms with Crippen LogP contribution < -0.4 is 5.32 Å². The minimum absolute atomic E-state index is 0.0104. The van der Waals surface area contributed by atoms with E-state index in [2.05, 4.69) is 5.32 Å². The molecular formula is C21H16F4N2O5. The number of aromatic nitrogens is 1. The highest BCUT2D eigenvalue weighted by Gasteiger charge is 2.30. The second-order valence-electron chi connectivity index (χ2n) is 6.95. The molecule has 0 atom stereocenters. The summed E-state index contributed by atoms with van der Waals surface area (Å²) in [6.45, 7) is 0.803. The number of carboxylic acids is 1. The summed E-state index contributed by atoms with van der Waals surface area (Å²) in [5.74, 6) is -4.51. The molecule has 0 bridgehead atoms. The molecule has 0 aliphatic carbocycles. The molecule has 0 unspecified atom stereocenters. The van der Waals surface area contributed by atoms with E-state index in [1.54, 1.807) is 0 Å². The minimum Gasteiger partial charge on any atom is -0.505 e. The third kappa shape index (κ3) is 4.41. The minimum atomic E-state index is -4.59. The zero-order valence-corrected chi connectivity index (χ0v) is 16.5. The molecule has 3 rings (SSSR count). The van der Waals surface area contributed by atoms with Crippen LogP contribution in [0.15, 0.2) is 36.4 Å². The third-order valence-electron chi connectivity index (χ3n) is 4.84. The molecule has 0 spiro atoms. The van der Waals surface area contributed by atoms with Crippen LogP contribution in [-0.2, 0) is 22.2 Å². The Balaban J connectivity index is 2.09. The number of rotatable bonds is 5. The third-order valence-corrected chi connectivity index (χ3v) is 4.84. The maximum absolute atomic E-state index is 14.0. The Bertz CT molecular complexity index is 1230. The van der Waals surface area contributed by atoms with E-state index in [1.807, 2.05) is 0 Å². The van der Waals surface area contributed by atoms with Crippen LogP contribution in [0.3, 0.4) is 0 Å². The van der Waals surface area contributed by atoms with Gasteiger partial charge < -0.3 is 15.5 Å². The number of carbonyl (C=O) groups is 3. The summed E-state index contributed by atoms with van der Waals surface area (Å²) in [6, 6.07) is 5.33. The zero-order valence-electron chi connectivity index (χ0n) is 16.5. The van der Waals surface area contributed by atoms with Crippen LogP contribution >= 0.6 is 0 Å². The Morgan fingerprint density at radius 3 is 2.28 bits per heavy atom. The molecule has 3 N–H and O–H groups in total. The number of alkyl halides is 3. The number of benzene rings is 2. The molecule has 168 valence electrons. The molecule has 0 radical (unpaired) electrons. The lowest BCUT2D eigenvalue weighted by molar-refractivity contribution is -0.138. The first-order valence-corrected chi connectivity index (χ1v) is 9.13. The molecular weight excluding hydrogens is 436 g/mol. The molecule has 32 heavy (non-hydrogen) atoms. The Hall–Kier alpha value is -3.89. The van der Waals surface area contributed by atoms with Gasteiger partial charge in [-0.2, -0.15) is 13.2 Å². The zero-order chi connectivity index (χ0) is 23.8. The molecule has 0 saturated carbocycles. The number of halogens is 4. The number of phenolic OH excluding ortho intramolecular Hbond substituents is 1. The number of hydrogen-bond donors (Lipinski definition) is 3. The first kappa shape index (κ1) is 22.8. The summed E-state index contributed by atoms with van der Waals surface area (Å²) in [7, 11) is 0. The molecule has 2 aromatic carbocycles. The van der Waals surface area contributed by atoms with Gasteiger partial charge in [0.2, 0.25) is 5.91 Å². The average Bonchev–Trinajstić information content (AvgIpc) is 2.96. The summed E-state index contributed by atoms with van der Waals surface area (Å²) >= 11 is 0. The summed E-state index contributed by atoms with van der Waals surface area (Å²) < 4.78 is 53.5. The van der Waals surface area contributed by atoms with E-state index >= 15 is 0 Å². The van der Waals surface area contributed by atoms with Gasteiger partial charge in [0, 0.05) is 22.7 Å². The quantitative estimate of drug-likeness (QED) is 0.515. The number of fused-ring (bicyclic) bond motifs is 1. The topological polar surface area (TPSA) is 109 Å². The lowest BCUT2D eigenvalue weighted by atomic mass is 10.1. The van der Waals surface area contributed by atoms with Gasteiger partial charge in [0.15, 0.2) is 11.6 Å². The Morgan fingerprint density at radius 2 is 1.72 bits per heavy atom. The first-order valence-electron chi connectivity index (χ1n) is 9.13. The number of phenols is 1. The van der Waals surface area contributed by atoms with Gasteiger partial charge in [-0.05, 0) is 42.8 Å². The fourth-order valence-corrected chi connectivity index (χ4v) is 3.30. The van der Waals surface area contributed by atoms with Crippen molar-refractivity contribution in [3.63, 3.8) is 0 Å². The number of nitrogens with one attached hydrogen (secondary N) is 1. The largest absolute Gasteiger partial charge is 0.505 e. The van der Waals surface area contributed by atoms with Crippen LogP contribution in [0, 0.1) is 12.7 Å². The Kier molecular flexibility index (Phi) is 5.93. The smallest absolute Gasteiger partial charge is 0.416 e. The van der Waals surface area contributed by atoms with E-state index in [9.17, 15) is 37.1 Å². The van der Waals surface area contributed by atoms with E-state index in [4.69, 9.17) is 5.11 Å². The van der Waals surface area contributed by atoms with Crippen LogP contribution in [0.2, 0.25) is 0 Å². The summed E-state index contributed by atoms with van der Waals surface area (Å²) in [5.41, 5.74) is -0.675. The van der Waals surface area contributed by atoms with Crippen molar-refractivity contribution in [1.29, 1.82) is 0 Å². The second kappa shape index (κ2) is 8.33. The lowest BCUT2D eigenvalue weighted by Gasteiger charge is -2.10. The van der Waals surface area contributed by atoms with Crippen molar-refractivity contribution in [3.8, 4) is 5.75 Å². The SMILES string of the molecule is Cc1c(CC(=O)NCC(=O)O)c2cc(O)c(F)cc2n1C(=O)c1ccc(C(F)(F)F)cc1. The van der Waals surface area contributed by atoms with E-state index in [-0.39, 0.29) is 34.1 Å². The van der Waals surface area contributed by atoms with Crippen LogP contribution in [0.1, 0.15) is 27.2 Å². The van der Waals surface area contributed by atoms with Crippen LogP contribution in [-0.4, -0.2) is 39.1 Å². The van der Waals surface area contributed by atoms with Crippen molar-refractivity contribution in [2.45, 2.75) is 19.5 Å². The molecule has 11 heteroatoms. The van der Waals surface area contributed by atoms with E-state index in [0.29, 0.717) is 0 Å². The number of hydrogen-bond acceptors (Lipinski definition) is 4. The summed E-state index contributed by atoms with van der Waals surface area (Å²) in [6.07, 6.45) is -4.97. The number of aliphatic carboxylic acids is 1. The van der Waals surface area contributed by atoms with Gasteiger partial charge in [-0.15, -0.1) is 0 Å². The van der Waals surface area contributed by atoms with Gasteiger partial charge in [-0.25, -0.2) is 4.39 Å². The van der Waals surface area contributed by atoms with Crippen LogP contribution in [0.25, 0.3) is 10.9 Å². The van der Waals surface area contributed by atoms with E-state index in [1.165, 1.54) is 6.92 Å². The normalized spacial score (nSPS) is 11.5. The Morgan fingerprint density at radius 1 is 1.09 bits per heavy atom. The Labute approximate surface area is 177 Å². The maximum Gasteiger partial charge on any atom is 0.416 e. The fourth-order valence-electron chi connectivity index (χ4n) is 3.30. The predicted molar refractivity (Wildman–Crippen MR) is 104 cm³/mol. The molecule has 1 amide bonds. The number of carboxylic acid groups (broad SMARTS) is 1. The monoisotopic (exact) mass is 452 g/mol. The molecule has 7 nitrogen and oxygen atoms in total. The van der Waals surface area contributed by atoms with E-state index in [0.717, 1.165) is 41.0 Å². The van der Waals surface area contributed by atoms with Gasteiger partial charge in [0.25, 0.3) is 5.91 Å². The van der Waals surface area contributed by atoms with Crippen molar-refractivity contribution in [1.82, 2.24) is 9.88 Å². The number of nitrogens with zero attached hydrogens (tertiary/aromatic N) is 1.